The average molecular weight is 699 g/mol. The molecular formula is C39H43ClN4O6. The lowest BCUT2D eigenvalue weighted by Gasteiger charge is -2.15. The van der Waals surface area contributed by atoms with E-state index in [0.29, 0.717) is 36.1 Å². The van der Waals surface area contributed by atoms with Crippen molar-refractivity contribution in [3.63, 3.8) is 0 Å². The number of carbonyl (C=O) groups is 2. The van der Waals surface area contributed by atoms with Gasteiger partial charge in [0.05, 0.1) is 36.4 Å². The molecule has 0 spiro atoms. The Bertz CT molecular complexity index is 1860. The lowest BCUT2D eigenvalue weighted by atomic mass is 9.95. The lowest BCUT2D eigenvalue weighted by Crippen LogP contribution is -2.28. The van der Waals surface area contributed by atoms with E-state index >= 15 is 0 Å². The number of benzene rings is 3. The number of β-amino-alcohol motifs (C(OH)–C–C–N with tert-alkyl or cyclic N) is 1. The van der Waals surface area contributed by atoms with Gasteiger partial charge in [0.1, 0.15) is 11.4 Å². The van der Waals surface area contributed by atoms with Crippen LogP contribution >= 0.6 is 11.6 Å². The van der Waals surface area contributed by atoms with Crippen LogP contribution in [0.25, 0.3) is 23.3 Å². The third-order valence-electron chi connectivity index (χ3n) is 8.84. The summed E-state index contributed by atoms with van der Waals surface area (Å²) >= 11 is 6.91. The minimum Gasteiger partial charge on any atom is -0.496 e. The number of rotatable bonds is 14. The van der Waals surface area contributed by atoms with Crippen molar-refractivity contribution in [2.75, 3.05) is 32.1 Å². The number of aryl methyl sites for hydroxylation is 1. The molecule has 2 heterocycles. The number of aliphatic carboxylic acids is 1. The fourth-order valence-corrected chi connectivity index (χ4v) is 6.39. The first kappa shape index (κ1) is 36.7. The summed E-state index contributed by atoms with van der Waals surface area (Å²) in [6, 6.07) is 19.1. The fourth-order valence-electron chi connectivity index (χ4n) is 6.11. The molecule has 1 amide bonds. The van der Waals surface area contributed by atoms with Crippen LogP contribution in [0.4, 0.5) is 5.69 Å². The average Bonchev–Trinajstić information content (AvgIpc) is 3.50. The van der Waals surface area contributed by atoms with Gasteiger partial charge in [-0.15, -0.1) is 0 Å². The first-order chi connectivity index (χ1) is 24.0. The Morgan fingerprint density at radius 3 is 2.54 bits per heavy atom. The van der Waals surface area contributed by atoms with Gasteiger partial charge in [-0.3, -0.25) is 19.5 Å². The zero-order chi connectivity index (χ0) is 35.8. The number of aromatic nitrogens is 1. The molecule has 0 bridgehead atoms. The van der Waals surface area contributed by atoms with Crippen molar-refractivity contribution in [2.45, 2.75) is 52.0 Å². The van der Waals surface area contributed by atoms with Gasteiger partial charge < -0.3 is 30.7 Å². The maximum absolute atomic E-state index is 13.1. The number of aliphatic hydroxyl groups is 2. The van der Waals surface area contributed by atoms with Gasteiger partial charge in [-0.2, -0.15) is 0 Å². The Balaban J connectivity index is 1.28. The highest BCUT2D eigenvalue weighted by molar-refractivity contribution is 6.36. The maximum Gasteiger partial charge on any atom is 0.306 e. The van der Waals surface area contributed by atoms with Gasteiger partial charge in [-0.1, -0.05) is 66.2 Å². The molecule has 0 unspecified atom stereocenters. The summed E-state index contributed by atoms with van der Waals surface area (Å²) < 4.78 is 5.64. The highest BCUT2D eigenvalue weighted by Gasteiger charge is 2.21. The zero-order valence-corrected chi connectivity index (χ0v) is 29.2. The van der Waals surface area contributed by atoms with E-state index in [4.69, 9.17) is 21.4 Å². The molecule has 50 heavy (non-hydrogen) atoms. The number of hydrogen-bond acceptors (Lipinski definition) is 8. The topological polar surface area (TPSA) is 144 Å². The van der Waals surface area contributed by atoms with Crippen LogP contribution in [0.1, 0.15) is 56.7 Å². The number of pyridine rings is 1. The number of likely N-dealkylation sites (tertiary alicyclic amines) is 1. The summed E-state index contributed by atoms with van der Waals surface area (Å²) in [6.07, 6.45) is 4.97. The van der Waals surface area contributed by atoms with Crippen LogP contribution in [0, 0.1) is 13.8 Å². The smallest absolute Gasteiger partial charge is 0.306 e. The number of methoxy groups -OCH3 is 1. The molecule has 1 saturated heterocycles. The number of hydrogen-bond donors (Lipinski definition) is 5. The highest BCUT2D eigenvalue weighted by Crippen LogP contribution is 2.37. The molecule has 11 heteroatoms. The second-order valence-electron chi connectivity index (χ2n) is 12.6. The minimum atomic E-state index is -1.04. The van der Waals surface area contributed by atoms with Gasteiger partial charge in [0, 0.05) is 50.0 Å². The van der Waals surface area contributed by atoms with E-state index in [9.17, 15) is 19.8 Å². The summed E-state index contributed by atoms with van der Waals surface area (Å²) in [4.78, 5) is 30.5. The molecule has 5 N–H and O–H groups in total. The number of anilines is 1. The van der Waals surface area contributed by atoms with Gasteiger partial charge in [-0.05, 0) is 71.8 Å². The fraction of sp³-hybridized carbons (Fsp3) is 0.308. The third-order valence-corrected chi connectivity index (χ3v) is 9.25. The van der Waals surface area contributed by atoms with Gasteiger partial charge in [0.25, 0.3) is 5.91 Å². The van der Waals surface area contributed by atoms with E-state index in [1.165, 1.54) is 0 Å². The molecular weight excluding hydrogens is 656 g/mol. The molecule has 0 aliphatic carbocycles. The zero-order valence-electron chi connectivity index (χ0n) is 28.4. The van der Waals surface area contributed by atoms with Crippen molar-refractivity contribution in [2.24, 2.45) is 0 Å². The van der Waals surface area contributed by atoms with Crippen LogP contribution in [0.3, 0.4) is 0 Å². The number of carboxylic acids is 1. The van der Waals surface area contributed by atoms with Crippen LogP contribution in [0.2, 0.25) is 5.02 Å². The Hall–Kier alpha value is -4.58. The standard InChI is InChI=1S/C39H43ClN4O6/c1-24-16-29(20-41-21-31(46)18-37(47)48)36(50-3)17-28(24)12-11-27-6-4-7-32(25(27)2)33-8-5-9-34(38(33)40)43-39(49)35-13-10-26(19-42-35)22-44-15-14-30(45)23-44/h4-13,16-17,19,30-31,41,45-46H,14-15,18,20-23H2,1-3H3,(H,43,49)(H,47,48)/b12-11+/t30-,31+/m1/s1. The van der Waals surface area contributed by atoms with E-state index in [-0.39, 0.29) is 30.7 Å². The maximum atomic E-state index is 13.1. The number of halogens is 1. The number of carbonyl (C=O) groups excluding carboxylic acids is 1. The molecule has 5 rings (SSSR count). The van der Waals surface area contributed by atoms with Crippen molar-refractivity contribution in [1.82, 2.24) is 15.2 Å². The van der Waals surface area contributed by atoms with Crippen LogP contribution < -0.4 is 15.4 Å². The number of ether oxygens (including phenoxy) is 1. The molecule has 10 nitrogen and oxygen atoms in total. The normalized spacial score (nSPS) is 15.4. The Morgan fingerprint density at radius 1 is 1.08 bits per heavy atom. The largest absolute Gasteiger partial charge is 0.496 e. The molecule has 2 atom stereocenters. The molecule has 3 aromatic carbocycles. The molecule has 262 valence electrons. The predicted molar refractivity (Wildman–Crippen MR) is 196 cm³/mol. The Morgan fingerprint density at radius 2 is 1.84 bits per heavy atom. The lowest BCUT2D eigenvalue weighted by molar-refractivity contribution is -0.139. The van der Waals surface area contributed by atoms with Gasteiger partial charge in [0.15, 0.2) is 0 Å². The second-order valence-corrected chi connectivity index (χ2v) is 13.0. The monoisotopic (exact) mass is 698 g/mol. The summed E-state index contributed by atoms with van der Waals surface area (Å²) in [6.45, 7) is 6.78. The molecule has 0 saturated carbocycles. The van der Waals surface area contributed by atoms with Crippen molar-refractivity contribution < 1.29 is 29.6 Å². The Labute approximate surface area is 297 Å². The summed E-state index contributed by atoms with van der Waals surface area (Å²) in [5.74, 6) is -0.720. The van der Waals surface area contributed by atoms with E-state index in [1.807, 2.05) is 74.5 Å². The number of aliphatic hydroxyl groups excluding tert-OH is 2. The molecule has 1 aliphatic rings. The van der Waals surface area contributed by atoms with Crippen LogP contribution in [0.15, 0.2) is 66.9 Å². The van der Waals surface area contributed by atoms with Gasteiger partial charge >= 0.3 is 5.97 Å². The van der Waals surface area contributed by atoms with E-state index in [2.05, 4.69) is 20.5 Å². The number of nitrogens with zero attached hydrogens (tertiary/aromatic N) is 2. The minimum absolute atomic E-state index is 0.155. The van der Waals surface area contributed by atoms with Crippen molar-refractivity contribution in [1.29, 1.82) is 0 Å². The van der Waals surface area contributed by atoms with Crippen molar-refractivity contribution in [3.8, 4) is 16.9 Å². The quantitative estimate of drug-likeness (QED) is 0.101. The summed E-state index contributed by atoms with van der Waals surface area (Å²) in [5, 5.41) is 34.9. The van der Waals surface area contributed by atoms with Crippen LogP contribution in [-0.2, 0) is 17.9 Å². The molecule has 1 aliphatic heterocycles. The van der Waals surface area contributed by atoms with E-state index in [0.717, 1.165) is 57.5 Å². The number of nitrogens with one attached hydrogen (secondary N) is 2. The van der Waals surface area contributed by atoms with E-state index in [1.54, 1.807) is 25.4 Å². The predicted octanol–water partition coefficient (Wildman–Crippen LogP) is 5.94. The van der Waals surface area contributed by atoms with Crippen LogP contribution in [0.5, 0.6) is 5.75 Å². The number of carboxylic acid groups (broad SMARTS) is 1. The molecule has 1 aromatic heterocycles. The summed E-state index contributed by atoms with van der Waals surface area (Å²) in [7, 11) is 1.60. The Kier molecular flexibility index (Phi) is 12.4. The molecule has 1 fully saturated rings. The van der Waals surface area contributed by atoms with Gasteiger partial charge in [0.2, 0.25) is 0 Å². The SMILES string of the molecule is COc1cc(/C=C/c2cccc(-c3cccc(NC(=O)c4ccc(CN5CC[C@@H](O)C5)cn4)c3Cl)c2C)c(C)cc1CNC[C@@H](O)CC(=O)O. The molecule has 0 radical (unpaired) electrons. The van der Waals surface area contributed by atoms with Crippen LogP contribution in [-0.4, -0.2) is 76.0 Å². The van der Waals surface area contributed by atoms with Crippen molar-refractivity contribution in [3.05, 3.63) is 111 Å². The second kappa shape index (κ2) is 16.9. The third kappa shape index (κ3) is 9.35. The summed E-state index contributed by atoms with van der Waals surface area (Å²) in [5.41, 5.74) is 8.38. The van der Waals surface area contributed by atoms with Crippen molar-refractivity contribution >= 4 is 41.3 Å². The van der Waals surface area contributed by atoms with Gasteiger partial charge in [-0.25, -0.2) is 0 Å². The highest BCUT2D eigenvalue weighted by atomic mass is 35.5. The van der Waals surface area contributed by atoms with E-state index < -0.39 is 12.1 Å². The first-order valence-corrected chi connectivity index (χ1v) is 16.9. The molecule has 4 aromatic rings. The number of amides is 1. The first-order valence-electron chi connectivity index (χ1n) is 16.5.